The first-order valence-corrected chi connectivity index (χ1v) is 10.8. The second-order valence-electron chi connectivity index (χ2n) is 6.71. The summed E-state index contributed by atoms with van der Waals surface area (Å²) in [5.41, 5.74) is 1.69. The van der Waals surface area contributed by atoms with Crippen LogP contribution in [-0.4, -0.2) is 49.9 Å². The van der Waals surface area contributed by atoms with Crippen LogP contribution in [-0.2, 0) is 19.6 Å². The SMILES string of the molecule is COCC(=O)N1N=C(c2cccc(NS(C)(=O)=O)c2)C[C@H]1c1ccccc1[N+](=O)[O-]. The van der Waals surface area contributed by atoms with Crippen LogP contribution >= 0.6 is 0 Å². The number of methoxy groups -OCH3 is 1. The lowest BCUT2D eigenvalue weighted by Gasteiger charge is -2.21. The molecular weight excluding hydrogens is 412 g/mol. The Hall–Kier alpha value is -3.31. The van der Waals surface area contributed by atoms with Crippen LogP contribution in [0.1, 0.15) is 23.6 Å². The normalized spacial score (nSPS) is 16.3. The number of amides is 1. The van der Waals surface area contributed by atoms with Gasteiger partial charge in [0.05, 0.1) is 28.5 Å². The second-order valence-corrected chi connectivity index (χ2v) is 8.46. The summed E-state index contributed by atoms with van der Waals surface area (Å²) in [5.74, 6) is -0.443. The number of carbonyl (C=O) groups is 1. The van der Waals surface area contributed by atoms with Crippen LogP contribution in [0.5, 0.6) is 0 Å². The molecule has 10 nitrogen and oxygen atoms in total. The van der Waals surface area contributed by atoms with Crippen LogP contribution in [0.4, 0.5) is 11.4 Å². The van der Waals surface area contributed by atoms with E-state index in [-0.39, 0.29) is 18.7 Å². The molecule has 3 rings (SSSR count). The van der Waals surface area contributed by atoms with Crippen molar-refractivity contribution in [2.75, 3.05) is 24.7 Å². The standard InChI is InChI=1S/C19H20N4O6S/c1-29-12-19(24)22-18(15-8-3-4-9-17(15)23(25)26)11-16(20-22)13-6-5-7-14(10-13)21-30(2,27)28/h3-10,18,21H,11-12H2,1-2H3/t18-/m0/s1. The van der Waals surface area contributed by atoms with Gasteiger partial charge >= 0.3 is 0 Å². The number of nitrogens with zero attached hydrogens (tertiary/aromatic N) is 3. The smallest absolute Gasteiger partial charge is 0.274 e. The molecule has 0 aliphatic carbocycles. The average Bonchev–Trinajstić information content (AvgIpc) is 3.12. The van der Waals surface area contributed by atoms with E-state index in [1.54, 1.807) is 42.5 Å². The number of nitrogens with one attached hydrogen (secondary N) is 1. The molecule has 1 amide bonds. The maximum atomic E-state index is 12.6. The van der Waals surface area contributed by atoms with Crippen LogP contribution < -0.4 is 4.72 Å². The lowest BCUT2D eigenvalue weighted by Crippen LogP contribution is -2.30. The highest BCUT2D eigenvalue weighted by molar-refractivity contribution is 7.92. The fraction of sp³-hybridized carbons (Fsp3) is 0.263. The number of para-hydroxylation sites is 1. The predicted octanol–water partition coefficient (Wildman–Crippen LogP) is 2.29. The van der Waals surface area contributed by atoms with E-state index in [0.29, 0.717) is 22.5 Å². The Labute approximate surface area is 173 Å². The summed E-state index contributed by atoms with van der Waals surface area (Å²) >= 11 is 0. The number of nitro groups is 1. The van der Waals surface area contributed by atoms with Crippen molar-refractivity contribution in [3.8, 4) is 0 Å². The third kappa shape index (κ3) is 4.81. The van der Waals surface area contributed by atoms with E-state index < -0.39 is 26.9 Å². The summed E-state index contributed by atoms with van der Waals surface area (Å²) in [4.78, 5) is 23.6. The number of hydrogen-bond acceptors (Lipinski definition) is 7. The van der Waals surface area contributed by atoms with Gasteiger partial charge in [0.1, 0.15) is 6.61 Å². The van der Waals surface area contributed by atoms with Gasteiger partial charge in [0.2, 0.25) is 10.0 Å². The molecule has 0 bridgehead atoms. The van der Waals surface area contributed by atoms with Gasteiger partial charge in [-0.1, -0.05) is 24.3 Å². The Morgan fingerprint density at radius 2 is 2.03 bits per heavy atom. The monoisotopic (exact) mass is 432 g/mol. The Kier molecular flexibility index (Phi) is 6.13. The third-order valence-electron chi connectivity index (χ3n) is 4.43. The van der Waals surface area contributed by atoms with Crippen molar-refractivity contribution in [2.24, 2.45) is 5.10 Å². The maximum absolute atomic E-state index is 12.6. The van der Waals surface area contributed by atoms with Crippen LogP contribution in [0.15, 0.2) is 53.6 Å². The molecule has 30 heavy (non-hydrogen) atoms. The van der Waals surface area contributed by atoms with Gasteiger partial charge in [0.15, 0.2) is 0 Å². The van der Waals surface area contributed by atoms with Crippen molar-refractivity contribution in [3.63, 3.8) is 0 Å². The summed E-state index contributed by atoms with van der Waals surface area (Å²) in [6, 6.07) is 12.1. The van der Waals surface area contributed by atoms with Gasteiger partial charge < -0.3 is 4.74 Å². The number of rotatable bonds is 7. The van der Waals surface area contributed by atoms with E-state index in [2.05, 4.69) is 9.82 Å². The molecule has 0 fully saturated rings. The molecule has 0 unspecified atom stereocenters. The minimum absolute atomic E-state index is 0.110. The van der Waals surface area contributed by atoms with Gasteiger partial charge in [-0.2, -0.15) is 5.10 Å². The summed E-state index contributed by atoms with van der Waals surface area (Å²) in [6.45, 7) is -0.233. The lowest BCUT2D eigenvalue weighted by atomic mass is 9.97. The molecule has 0 aromatic heterocycles. The van der Waals surface area contributed by atoms with Crippen molar-refractivity contribution in [1.82, 2.24) is 5.01 Å². The van der Waals surface area contributed by atoms with Gasteiger partial charge in [-0.25, -0.2) is 13.4 Å². The van der Waals surface area contributed by atoms with E-state index in [9.17, 15) is 23.3 Å². The Bertz CT molecular complexity index is 1120. The minimum atomic E-state index is -3.46. The van der Waals surface area contributed by atoms with Crippen molar-refractivity contribution < 1.29 is 22.9 Å². The Morgan fingerprint density at radius 1 is 1.30 bits per heavy atom. The number of benzene rings is 2. The molecule has 1 atom stereocenters. The maximum Gasteiger partial charge on any atom is 0.274 e. The summed E-state index contributed by atoms with van der Waals surface area (Å²) in [7, 11) is -2.09. The van der Waals surface area contributed by atoms with E-state index in [0.717, 1.165) is 6.26 Å². The first kappa shape index (κ1) is 21.4. The van der Waals surface area contributed by atoms with Crippen LogP contribution in [0.3, 0.4) is 0 Å². The molecule has 11 heteroatoms. The van der Waals surface area contributed by atoms with E-state index in [1.165, 1.54) is 18.2 Å². The molecule has 2 aromatic rings. The molecule has 2 aromatic carbocycles. The van der Waals surface area contributed by atoms with Gasteiger partial charge in [-0.15, -0.1) is 0 Å². The number of anilines is 1. The number of sulfonamides is 1. The summed E-state index contributed by atoms with van der Waals surface area (Å²) in [5, 5.41) is 17.1. The quantitative estimate of drug-likeness (QED) is 0.527. The molecule has 1 heterocycles. The Morgan fingerprint density at radius 3 is 2.70 bits per heavy atom. The highest BCUT2D eigenvalue weighted by atomic mass is 32.2. The number of hydrogen-bond donors (Lipinski definition) is 1. The molecule has 1 N–H and O–H groups in total. The first-order chi connectivity index (χ1) is 14.2. The lowest BCUT2D eigenvalue weighted by molar-refractivity contribution is -0.385. The van der Waals surface area contributed by atoms with Gasteiger partial charge in [-0.3, -0.25) is 19.6 Å². The largest absolute Gasteiger partial charge is 0.375 e. The average molecular weight is 432 g/mol. The fourth-order valence-electron chi connectivity index (χ4n) is 3.26. The van der Waals surface area contributed by atoms with Crippen molar-refractivity contribution in [2.45, 2.75) is 12.5 Å². The fourth-order valence-corrected chi connectivity index (χ4v) is 3.81. The highest BCUT2D eigenvalue weighted by Gasteiger charge is 2.36. The van der Waals surface area contributed by atoms with Crippen LogP contribution in [0, 0.1) is 10.1 Å². The Balaban J connectivity index is 2.01. The molecule has 0 spiro atoms. The van der Waals surface area contributed by atoms with E-state index >= 15 is 0 Å². The van der Waals surface area contributed by atoms with Gasteiger partial charge in [0, 0.05) is 25.3 Å². The molecule has 158 valence electrons. The van der Waals surface area contributed by atoms with Crippen molar-refractivity contribution in [1.29, 1.82) is 0 Å². The van der Waals surface area contributed by atoms with Gasteiger partial charge in [0.25, 0.3) is 11.6 Å². The van der Waals surface area contributed by atoms with Crippen molar-refractivity contribution >= 4 is 33.0 Å². The third-order valence-corrected chi connectivity index (χ3v) is 5.03. The molecule has 1 aliphatic heterocycles. The van der Waals surface area contributed by atoms with E-state index in [4.69, 9.17) is 4.74 Å². The molecule has 0 radical (unpaired) electrons. The predicted molar refractivity (Wildman–Crippen MR) is 111 cm³/mol. The van der Waals surface area contributed by atoms with E-state index in [1.807, 2.05) is 0 Å². The zero-order valence-corrected chi connectivity index (χ0v) is 17.1. The number of hydrazone groups is 1. The zero-order valence-electron chi connectivity index (χ0n) is 16.3. The minimum Gasteiger partial charge on any atom is -0.375 e. The zero-order chi connectivity index (χ0) is 21.9. The molecule has 0 saturated heterocycles. The number of ether oxygens (including phenoxy) is 1. The summed E-state index contributed by atoms with van der Waals surface area (Å²) < 4.78 is 30.3. The number of carbonyl (C=O) groups excluding carboxylic acids is 1. The molecule has 1 aliphatic rings. The topological polar surface area (TPSA) is 131 Å². The summed E-state index contributed by atoms with van der Waals surface area (Å²) in [6.07, 6.45) is 1.27. The van der Waals surface area contributed by atoms with Crippen molar-refractivity contribution in [3.05, 3.63) is 69.8 Å². The van der Waals surface area contributed by atoms with Crippen LogP contribution in [0.2, 0.25) is 0 Å². The molecular formula is C19H20N4O6S. The van der Waals surface area contributed by atoms with Crippen LogP contribution in [0.25, 0.3) is 0 Å². The second kappa shape index (κ2) is 8.59. The highest BCUT2D eigenvalue weighted by Crippen LogP contribution is 2.37. The first-order valence-electron chi connectivity index (χ1n) is 8.89. The molecule has 0 saturated carbocycles. The number of nitro benzene ring substituents is 1. The van der Waals surface area contributed by atoms with Gasteiger partial charge in [-0.05, 0) is 23.8 Å².